The lowest BCUT2D eigenvalue weighted by Gasteiger charge is -2.32. The lowest BCUT2D eigenvalue weighted by atomic mass is 9.97. The number of anilines is 1. The third-order valence-electron chi connectivity index (χ3n) is 6.81. The first-order valence-electron chi connectivity index (χ1n) is 12.7. The number of aromatic nitrogens is 3. The Balaban J connectivity index is 1.32. The molecule has 2 aromatic heterocycles. The van der Waals surface area contributed by atoms with E-state index in [-0.39, 0.29) is 17.4 Å². The molecule has 2 aromatic carbocycles. The van der Waals surface area contributed by atoms with E-state index in [2.05, 4.69) is 10.3 Å². The van der Waals surface area contributed by atoms with Gasteiger partial charge in [-0.25, -0.2) is 9.97 Å². The summed E-state index contributed by atoms with van der Waals surface area (Å²) in [5, 5.41) is 3.08. The maximum Gasteiger partial charge on any atom is 0.295 e. The predicted octanol–water partition coefficient (Wildman–Crippen LogP) is 3.42. The van der Waals surface area contributed by atoms with Crippen molar-refractivity contribution in [1.29, 1.82) is 0 Å². The van der Waals surface area contributed by atoms with Crippen molar-refractivity contribution in [3.8, 4) is 5.75 Å². The van der Waals surface area contributed by atoms with Crippen LogP contribution in [0.3, 0.4) is 0 Å². The Hall–Kier alpha value is -4.20. The minimum Gasteiger partial charge on any atom is -0.497 e. The fourth-order valence-corrected chi connectivity index (χ4v) is 4.87. The normalized spacial score (nSPS) is 15.5. The number of hydrogen-bond donors (Lipinski definition) is 1. The SMILES string of the molecule is COc1cccc(CCNC(=O)C2CCCN(c3nc4cccnc4n(Cc4ccccc4)c3=O)C2)c1. The van der Waals surface area contributed by atoms with E-state index in [1.165, 1.54) is 0 Å². The Morgan fingerprint density at radius 1 is 1.08 bits per heavy atom. The smallest absolute Gasteiger partial charge is 0.295 e. The predicted molar refractivity (Wildman–Crippen MR) is 144 cm³/mol. The molecule has 1 saturated heterocycles. The second-order valence-electron chi connectivity index (χ2n) is 9.34. The molecule has 0 radical (unpaired) electrons. The summed E-state index contributed by atoms with van der Waals surface area (Å²) < 4.78 is 6.96. The number of methoxy groups -OCH3 is 1. The highest BCUT2D eigenvalue weighted by atomic mass is 16.5. The number of piperidine rings is 1. The molecule has 3 heterocycles. The van der Waals surface area contributed by atoms with Crippen molar-refractivity contribution in [3.05, 3.63) is 94.4 Å². The van der Waals surface area contributed by atoms with Crippen LogP contribution in [0.2, 0.25) is 0 Å². The lowest BCUT2D eigenvalue weighted by molar-refractivity contribution is -0.125. The number of hydrogen-bond acceptors (Lipinski definition) is 6. The fourth-order valence-electron chi connectivity index (χ4n) is 4.87. The highest BCUT2D eigenvalue weighted by Crippen LogP contribution is 2.22. The second-order valence-corrected chi connectivity index (χ2v) is 9.34. The minimum atomic E-state index is -0.201. The Labute approximate surface area is 215 Å². The molecule has 1 aliphatic heterocycles. The van der Waals surface area contributed by atoms with Gasteiger partial charge >= 0.3 is 0 Å². The molecule has 1 aliphatic rings. The Bertz CT molecular complexity index is 1440. The van der Waals surface area contributed by atoms with E-state index in [1.807, 2.05) is 71.6 Å². The van der Waals surface area contributed by atoms with Crippen LogP contribution < -0.4 is 20.5 Å². The van der Waals surface area contributed by atoms with E-state index in [9.17, 15) is 9.59 Å². The number of ether oxygens (including phenoxy) is 1. The standard InChI is InChI=1S/C29H31N5O3/c1-37-24-12-5-10-21(18-24)14-16-31-28(35)23-11-7-17-33(20-23)27-29(36)34(19-22-8-3-2-4-9-22)26-25(32-27)13-6-15-30-26/h2-6,8-10,12-13,15,18,23H,7,11,14,16-17,19-20H2,1H3,(H,31,35). The Kier molecular flexibility index (Phi) is 7.44. The summed E-state index contributed by atoms with van der Waals surface area (Å²) in [4.78, 5) is 37.8. The van der Waals surface area contributed by atoms with Crippen LogP contribution in [0.15, 0.2) is 77.7 Å². The molecule has 0 bridgehead atoms. The van der Waals surface area contributed by atoms with Gasteiger partial charge in [-0.15, -0.1) is 0 Å². The third kappa shape index (κ3) is 5.63. The summed E-state index contributed by atoms with van der Waals surface area (Å²) in [6, 6.07) is 21.4. The molecule has 0 aliphatic carbocycles. The van der Waals surface area contributed by atoms with Gasteiger partial charge in [0.05, 0.1) is 19.6 Å². The van der Waals surface area contributed by atoms with Crippen LogP contribution in [-0.2, 0) is 17.8 Å². The molecule has 4 aromatic rings. The van der Waals surface area contributed by atoms with Crippen LogP contribution in [0.4, 0.5) is 5.82 Å². The number of nitrogens with zero attached hydrogens (tertiary/aromatic N) is 4. The van der Waals surface area contributed by atoms with Crippen LogP contribution in [0, 0.1) is 5.92 Å². The summed E-state index contributed by atoms with van der Waals surface area (Å²) in [7, 11) is 1.65. The average Bonchev–Trinajstić information content (AvgIpc) is 2.95. The van der Waals surface area contributed by atoms with Gasteiger partial charge in [-0.3, -0.25) is 14.2 Å². The van der Waals surface area contributed by atoms with E-state index in [0.29, 0.717) is 43.2 Å². The summed E-state index contributed by atoms with van der Waals surface area (Å²) in [6.45, 7) is 2.11. The van der Waals surface area contributed by atoms with Gasteiger partial charge < -0.3 is 15.0 Å². The van der Waals surface area contributed by atoms with Gasteiger partial charge in [0.1, 0.15) is 11.3 Å². The molecular weight excluding hydrogens is 466 g/mol. The van der Waals surface area contributed by atoms with Gasteiger partial charge in [-0.05, 0) is 54.7 Å². The van der Waals surface area contributed by atoms with Gasteiger partial charge in [0.2, 0.25) is 5.91 Å². The lowest BCUT2D eigenvalue weighted by Crippen LogP contribution is -2.46. The minimum absolute atomic E-state index is 0.0136. The highest BCUT2D eigenvalue weighted by Gasteiger charge is 2.28. The van der Waals surface area contributed by atoms with Crippen molar-refractivity contribution in [2.75, 3.05) is 31.6 Å². The zero-order valence-corrected chi connectivity index (χ0v) is 21.0. The molecule has 1 fully saturated rings. The van der Waals surface area contributed by atoms with Crippen molar-refractivity contribution in [2.45, 2.75) is 25.8 Å². The van der Waals surface area contributed by atoms with Crippen molar-refractivity contribution < 1.29 is 9.53 Å². The Morgan fingerprint density at radius 3 is 2.76 bits per heavy atom. The molecule has 1 unspecified atom stereocenters. The number of rotatable bonds is 8. The number of carbonyl (C=O) groups is 1. The molecular formula is C29H31N5O3. The molecule has 0 saturated carbocycles. The molecule has 1 N–H and O–H groups in total. The number of benzene rings is 2. The molecule has 8 nitrogen and oxygen atoms in total. The maximum atomic E-state index is 13.7. The third-order valence-corrected chi connectivity index (χ3v) is 6.81. The summed E-state index contributed by atoms with van der Waals surface area (Å²) >= 11 is 0. The van der Waals surface area contributed by atoms with E-state index in [0.717, 1.165) is 36.1 Å². The van der Waals surface area contributed by atoms with Crippen LogP contribution >= 0.6 is 0 Å². The van der Waals surface area contributed by atoms with E-state index < -0.39 is 0 Å². The molecule has 5 rings (SSSR count). The quantitative estimate of drug-likeness (QED) is 0.401. The summed E-state index contributed by atoms with van der Waals surface area (Å²) in [5.74, 6) is 1.00. The molecule has 0 spiro atoms. The maximum absolute atomic E-state index is 13.7. The molecule has 37 heavy (non-hydrogen) atoms. The number of nitrogens with one attached hydrogen (secondary N) is 1. The molecule has 1 atom stereocenters. The van der Waals surface area contributed by atoms with Crippen molar-refractivity contribution in [3.63, 3.8) is 0 Å². The van der Waals surface area contributed by atoms with Gasteiger partial charge in [0, 0.05) is 25.8 Å². The second kappa shape index (κ2) is 11.2. The zero-order valence-electron chi connectivity index (χ0n) is 21.0. The number of amides is 1. The highest BCUT2D eigenvalue weighted by molar-refractivity contribution is 5.79. The number of carbonyl (C=O) groups excluding carboxylic acids is 1. The van der Waals surface area contributed by atoms with Crippen LogP contribution in [0.25, 0.3) is 11.2 Å². The molecule has 1 amide bonds. The van der Waals surface area contributed by atoms with Crippen molar-refractivity contribution >= 4 is 22.9 Å². The fraction of sp³-hybridized carbons (Fsp3) is 0.310. The zero-order chi connectivity index (χ0) is 25.6. The van der Waals surface area contributed by atoms with Crippen LogP contribution in [0.1, 0.15) is 24.0 Å². The molecule has 8 heteroatoms. The first kappa shape index (κ1) is 24.5. The first-order valence-corrected chi connectivity index (χ1v) is 12.7. The van der Waals surface area contributed by atoms with Crippen molar-refractivity contribution in [2.24, 2.45) is 5.92 Å². The van der Waals surface area contributed by atoms with Gasteiger partial charge in [0.25, 0.3) is 5.56 Å². The number of pyridine rings is 1. The van der Waals surface area contributed by atoms with E-state index >= 15 is 0 Å². The number of fused-ring (bicyclic) bond motifs is 1. The van der Waals surface area contributed by atoms with Crippen LogP contribution in [0.5, 0.6) is 5.75 Å². The van der Waals surface area contributed by atoms with Gasteiger partial charge in [0.15, 0.2) is 11.5 Å². The van der Waals surface area contributed by atoms with E-state index in [1.54, 1.807) is 17.9 Å². The Morgan fingerprint density at radius 2 is 1.92 bits per heavy atom. The van der Waals surface area contributed by atoms with Crippen LogP contribution in [-0.4, -0.2) is 47.2 Å². The van der Waals surface area contributed by atoms with Crippen molar-refractivity contribution in [1.82, 2.24) is 19.9 Å². The van der Waals surface area contributed by atoms with Gasteiger partial charge in [-0.2, -0.15) is 0 Å². The average molecular weight is 498 g/mol. The largest absolute Gasteiger partial charge is 0.497 e. The first-order chi connectivity index (χ1) is 18.1. The monoisotopic (exact) mass is 497 g/mol. The molecule has 190 valence electrons. The van der Waals surface area contributed by atoms with E-state index in [4.69, 9.17) is 9.72 Å². The summed E-state index contributed by atoms with van der Waals surface area (Å²) in [6.07, 6.45) is 4.01. The summed E-state index contributed by atoms with van der Waals surface area (Å²) in [5.41, 5.74) is 3.16. The topological polar surface area (TPSA) is 89.3 Å². The van der Waals surface area contributed by atoms with Gasteiger partial charge in [-0.1, -0.05) is 42.5 Å².